The van der Waals surface area contributed by atoms with Crippen molar-refractivity contribution in [1.29, 1.82) is 0 Å². The topological polar surface area (TPSA) is 46.3 Å². The Morgan fingerprint density at radius 2 is 1.80 bits per heavy atom. The molecule has 0 radical (unpaired) electrons. The first-order valence-corrected chi connectivity index (χ1v) is 8.82. The van der Waals surface area contributed by atoms with Gasteiger partial charge in [-0.3, -0.25) is 4.79 Å². The van der Waals surface area contributed by atoms with Crippen molar-refractivity contribution in [1.82, 2.24) is 9.88 Å². The second-order valence-corrected chi connectivity index (χ2v) is 6.86. The number of carbonyl (C=O) groups is 1. The Balaban J connectivity index is 1.68. The Morgan fingerprint density at radius 3 is 2.48 bits per heavy atom. The third-order valence-electron chi connectivity index (χ3n) is 3.99. The van der Waals surface area contributed by atoms with Gasteiger partial charge in [-0.25, -0.2) is 4.98 Å². The number of benzene rings is 2. The zero-order valence-electron chi connectivity index (χ0n) is 14.2. The van der Waals surface area contributed by atoms with Gasteiger partial charge < -0.3 is 9.32 Å². The smallest absolute Gasteiger partial charge is 0.228 e. The molecule has 0 bridgehead atoms. The van der Waals surface area contributed by atoms with Gasteiger partial charge in [0.2, 0.25) is 11.8 Å². The zero-order valence-corrected chi connectivity index (χ0v) is 15.8. The van der Waals surface area contributed by atoms with E-state index in [4.69, 9.17) is 4.42 Å². The van der Waals surface area contributed by atoms with Gasteiger partial charge in [0, 0.05) is 23.6 Å². The van der Waals surface area contributed by atoms with Crippen LogP contribution in [0.25, 0.3) is 11.5 Å². The van der Waals surface area contributed by atoms with Crippen LogP contribution in [0.2, 0.25) is 0 Å². The highest BCUT2D eigenvalue weighted by Crippen LogP contribution is 2.22. The van der Waals surface area contributed by atoms with Gasteiger partial charge in [0.15, 0.2) is 0 Å². The lowest BCUT2D eigenvalue weighted by molar-refractivity contribution is -0.129. The van der Waals surface area contributed by atoms with Crippen LogP contribution >= 0.6 is 15.9 Å². The average Bonchev–Trinajstić information content (AvgIpc) is 2.98. The number of carbonyl (C=O) groups excluding carboxylic acids is 1. The number of halogens is 1. The molecular formula is C20H19BrN2O2. The highest BCUT2D eigenvalue weighted by molar-refractivity contribution is 9.10. The van der Waals surface area contributed by atoms with Crippen LogP contribution in [-0.4, -0.2) is 22.8 Å². The predicted molar refractivity (Wildman–Crippen MR) is 101 cm³/mol. The van der Waals surface area contributed by atoms with Crippen LogP contribution in [0.15, 0.2) is 63.5 Å². The van der Waals surface area contributed by atoms with Crippen molar-refractivity contribution in [3.8, 4) is 11.5 Å². The average molecular weight is 399 g/mol. The van der Waals surface area contributed by atoms with Crippen molar-refractivity contribution >= 4 is 21.8 Å². The number of rotatable bonds is 5. The summed E-state index contributed by atoms with van der Waals surface area (Å²) in [5.74, 6) is 1.25. The van der Waals surface area contributed by atoms with Gasteiger partial charge in [0.1, 0.15) is 5.76 Å². The number of hydrogen-bond donors (Lipinski definition) is 0. The largest absolute Gasteiger partial charge is 0.441 e. The van der Waals surface area contributed by atoms with Crippen LogP contribution in [-0.2, 0) is 17.8 Å². The molecule has 25 heavy (non-hydrogen) atoms. The highest BCUT2D eigenvalue weighted by atomic mass is 79.9. The summed E-state index contributed by atoms with van der Waals surface area (Å²) in [6.45, 7) is 2.41. The number of likely N-dealkylation sites (N-methyl/N-ethyl adjacent to an activating group) is 1. The molecule has 0 unspecified atom stereocenters. The molecule has 128 valence electrons. The molecule has 0 saturated heterocycles. The summed E-state index contributed by atoms with van der Waals surface area (Å²) in [6, 6.07) is 17.7. The van der Waals surface area contributed by atoms with Crippen molar-refractivity contribution in [2.45, 2.75) is 19.9 Å². The number of aryl methyl sites for hydroxylation is 1. The van der Waals surface area contributed by atoms with E-state index in [0.29, 0.717) is 23.9 Å². The number of nitrogens with zero attached hydrogens (tertiary/aromatic N) is 2. The fraction of sp³-hybridized carbons (Fsp3) is 0.200. The molecule has 0 aliphatic rings. The van der Waals surface area contributed by atoms with E-state index in [-0.39, 0.29) is 12.3 Å². The van der Waals surface area contributed by atoms with Gasteiger partial charge in [0.25, 0.3) is 0 Å². The highest BCUT2D eigenvalue weighted by Gasteiger charge is 2.17. The fourth-order valence-corrected chi connectivity index (χ4v) is 2.79. The summed E-state index contributed by atoms with van der Waals surface area (Å²) < 4.78 is 6.75. The monoisotopic (exact) mass is 398 g/mol. The molecule has 0 aliphatic carbocycles. The summed E-state index contributed by atoms with van der Waals surface area (Å²) in [5, 5.41) is 0. The number of amides is 1. The maximum Gasteiger partial charge on any atom is 0.228 e. The normalized spacial score (nSPS) is 10.7. The van der Waals surface area contributed by atoms with Gasteiger partial charge in [-0.2, -0.15) is 0 Å². The molecule has 1 aromatic heterocycles. The fourth-order valence-electron chi connectivity index (χ4n) is 2.53. The quantitative estimate of drug-likeness (QED) is 0.629. The maximum atomic E-state index is 12.5. The Hall–Kier alpha value is -2.40. The Labute approximate surface area is 155 Å². The van der Waals surface area contributed by atoms with Gasteiger partial charge in [-0.15, -0.1) is 0 Å². The van der Waals surface area contributed by atoms with Crippen LogP contribution < -0.4 is 0 Å². The van der Waals surface area contributed by atoms with Crippen LogP contribution in [0.3, 0.4) is 0 Å². The first-order valence-electron chi connectivity index (χ1n) is 8.03. The van der Waals surface area contributed by atoms with Crippen molar-refractivity contribution in [3.05, 3.63) is 76.1 Å². The van der Waals surface area contributed by atoms with E-state index in [1.807, 2.05) is 61.5 Å². The molecule has 0 spiro atoms. The van der Waals surface area contributed by atoms with E-state index in [9.17, 15) is 4.79 Å². The minimum absolute atomic E-state index is 0.0129. The molecule has 1 heterocycles. The summed E-state index contributed by atoms with van der Waals surface area (Å²) in [7, 11) is 1.80. The molecule has 2 aromatic carbocycles. The molecular weight excluding hydrogens is 380 g/mol. The van der Waals surface area contributed by atoms with Gasteiger partial charge in [-0.1, -0.05) is 46.3 Å². The summed E-state index contributed by atoms with van der Waals surface area (Å²) >= 11 is 3.42. The Kier molecular flexibility index (Phi) is 5.34. The van der Waals surface area contributed by atoms with E-state index in [1.165, 1.54) is 0 Å². The second-order valence-electron chi connectivity index (χ2n) is 5.94. The molecule has 0 atom stereocenters. The van der Waals surface area contributed by atoms with E-state index >= 15 is 0 Å². The van der Waals surface area contributed by atoms with Crippen LogP contribution in [0.5, 0.6) is 0 Å². The molecule has 0 aliphatic heterocycles. The van der Waals surface area contributed by atoms with E-state index < -0.39 is 0 Å². The molecule has 5 heteroatoms. The molecule has 3 aromatic rings. The lowest BCUT2D eigenvalue weighted by atomic mass is 10.2. The number of hydrogen-bond acceptors (Lipinski definition) is 3. The van der Waals surface area contributed by atoms with E-state index in [1.54, 1.807) is 11.9 Å². The first-order chi connectivity index (χ1) is 12.0. The standard InChI is InChI=1S/C20H19BrN2O2/c1-14-18(22-20(25-14)16-6-4-3-5-7-16)12-19(24)23(2)13-15-8-10-17(21)11-9-15/h3-11H,12-13H2,1-2H3. The molecule has 4 nitrogen and oxygen atoms in total. The molecule has 3 rings (SSSR count). The number of aromatic nitrogens is 1. The van der Waals surface area contributed by atoms with Gasteiger partial charge in [-0.05, 0) is 36.8 Å². The molecule has 0 fully saturated rings. The summed E-state index contributed by atoms with van der Waals surface area (Å²) in [6.07, 6.45) is 0.231. The van der Waals surface area contributed by atoms with Gasteiger partial charge in [0.05, 0.1) is 12.1 Å². The van der Waals surface area contributed by atoms with Gasteiger partial charge >= 0.3 is 0 Å². The van der Waals surface area contributed by atoms with Crippen molar-refractivity contribution in [2.75, 3.05) is 7.05 Å². The number of oxazole rings is 1. The lowest BCUT2D eigenvalue weighted by Crippen LogP contribution is -2.28. The molecule has 1 amide bonds. The molecule has 0 saturated carbocycles. The Bertz CT molecular complexity index is 857. The predicted octanol–water partition coefficient (Wildman–Crippen LogP) is 4.61. The van der Waals surface area contributed by atoms with Crippen LogP contribution in [0.4, 0.5) is 0 Å². The molecule has 0 N–H and O–H groups in total. The SMILES string of the molecule is Cc1oc(-c2ccccc2)nc1CC(=O)N(C)Cc1ccc(Br)cc1. The van der Waals surface area contributed by atoms with Crippen molar-refractivity contribution < 1.29 is 9.21 Å². The van der Waals surface area contributed by atoms with Crippen molar-refractivity contribution in [3.63, 3.8) is 0 Å². The van der Waals surface area contributed by atoms with Crippen molar-refractivity contribution in [2.24, 2.45) is 0 Å². The first kappa shape index (κ1) is 17.4. The Morgan fingerprint density at radius 1 is 1.12 bits per heavy atom. The minimum atomic E-state index is 0.0129. The van der Waals surface area contributed by atoms with E-state index in [0.717, 1.165) is 15.6 Å². The summed E-state index contributed by atoms with van der Waals surface area (Å²) in [5.41, 5.74) is 2.68. The van der Waals surface area contributed by atoms with Crippen LogP contribution in [0.1, 0.15) is 17.0 Å². The summed E-state index contributed by atoms with van der Waals surface area (Å²) in [4.78, 5) is 18.7. The maximum absolute atomic E-state index is 12.5. The zero-order chi connectivity index (χ0) is 17.8. The minimum Gasteiger partial charge on any atom is -0.441 e. The van der Waals surface area contributed by atoms with E-state index in [2.05, 4.69) is 20.9 Å². The third kappa shape index (κ3) is 4.37. The second kappa shape index (κ2) is 7.66. The third-order valence-corrected chi connectivity index (χ3v) is 4.52. The lowest BCUT2D eigenvalue weighted by Gasteiger charge is -2.16. The van der Waals surface area contributed by atoms with Crippen LogP contribution in [0, 0.1) is 6.92 Å².